The lowest BCUT2D eigenvalue weighted by Gasteiger charge is -2.21. The minimum atomic E-state index is -0.607. The number of carbonyl (C=O) groups is 1. The van der Waals surface area contributed by atoms with Gasteiger partial charge in [0.1, 0.15) is 5.82 Å². The summed E-state index contributed by atoms with van der Waals surface area (Å²) in [6, 6.07) is 8.43. The van der Waals surface area contributed by atoms with Gasteiger partial charge >= 0.3 is 0 Å². The topological polar surface area (TPSA) is 65.4 Å². The van der Waals surface area contributed by atoms with E-state index in [2.05, 4.69) is 14.9 Å². The Labute approximate surface area is 165 Å². The average molecular weight is 401 g/mol. The summed E-state index contributed by atoms with van der Waals surface area (Å²) in [5.41, 5.74) is 4.65. The number of nitrogens with zero attached hydrogens (tertiary/aromatic N) is 2. The van der Waals surface area contributed by atoms with Crippen LogP contribution in [-0.2, 0) is 14.3 Å². The highest BCUT2D eigenvalue weighted by molar-refractivity contribution is 7.14. The maximum atomic E-state index is 13.2. The normalized spacial score (nSPS) is 16.9. The first kappa shape index (κ1) is 18.8. The number of hydrogen-bond donors (Lipinski definition) is 1. The monoisotopic (exact) mass is 401 g/mol. The van der Waals surface area contributed by atoms with Crippen molar-refractivity contribution in [1.29, 1.82) is 0 Å². The molecule has 1 amide bonds. The highest BCUT2D eigenvalue weighted by Gasteiger charge is 2.24. The molecule has 1 fully saturated rings. The van der Waals surface area contributed by atoms with Crippen LogP contribution in [-0.4, -0.2) is 41.4 Å². The Morgan fingerprint density at radius 2 is 2.07 bits per heavy atom. The minimum Gasteiger partial charge on any atom is -0.376 e. The largest absolute Gasteiger partial charge is 0.376 e. The first-order valence-electron chi connectivity index (χ1n) is 8.94. The van der Waals surface area contributed by atoms with Crippen molar-refractivity contribution in [3.63, 3.8) is 0 Å². The smallest absolute Gasteiger partial charge is 0.257 e. The van der Waals surface area contributed by atoms with Crippen molar-refractivity contribution in [2.75, 3.05) is 25.1 Å². The predicted octanol–water partition coefficient (Wildman–Crippen LogP) is 3.71. The van der Waals surface area contributed by atoms with Crippen LogP contribution in [0, 0.1) is 19.7 Å². The van der Waals surface area contributed by atoms with E-state index in [1.165, 1.54) is 23.5 Å². The second-order valence-corrected chi connectivity index (χ2v) is 7.42. The molecule has 0 aliphatic carbocycles. The van der Waals surface area contributed by atoms with Crippen molar-refractivity contribution < 1.29 is 18.7 Å². The number of carbonyl (C=O) groups excluding carboxylic acids is 1. The van der Waals surface area contributed by atoms with E-state index >= 15 is 0 Å². The van der Waals surface area contributed by atoms with Gasteiger partial charge in [-0.2, -0.15) is 0 Å². The summed E-state index contributed by atoms with van der Waals surface area (Å²) in [4.78, 5) is 16.8. The van der Waals surface area contributed by atoms with Gasteiger partial charge in [0.05, 0.1) is 25.5 Å². The second-order valence-electron chi connectivity index (χ2n) is 6.56. The Bertz CT molecular complexity index is 991. The molecule has 3 aromatic rings. The van der Waals surface area contributed by atoms with Crippen LogP contribution < -0.4 is 5.32 Å². The third kappa shape index (κ3) is 3.71. The molecular weight excluding hydrogens is 381 g/mol. The van der Waals surface area contributed by atoms with Gasteiger partial charge in [0.15, 0.2) is 11.2 Å². The van der Waals surface area contributed by atoms with Crippen molar-refractivity contribution in [2.45, 2.75) is 20.0 Å². The molecule has 1 N–H and O–H groups in total. The van der Waals surface area contributed by atoms with Crippen LogP contribution in [0.1, 0.15) is 11.4 Å². The molecule has 146 valence electrons. The average Bonchev–Trinajstić information content (AvgIpc) is 3.27. The van der Waals surface area contributed by atoms with E-state index in [0.29, 0.717) is 18.3 Å². The van der Waals surface area contributed by atoms with Gasteiger partial charge in [0.2, 0.25) is 0 Å². The van der Waals surface area contributed by atoms with Crippen LogP contribution in [0.15, 0.2) is 35.7 Å². The number of amides is 1. The highest BCUT2D eigenvalue weighted by atomic mass is 32.1. The predicted molar refractivity (Wildman–Crippen MR) is 105 cm³/mol. The Kier molecular flexibility index (Phi) is 5.25. The van der Waals surface area contributed by atoms with Gasteiger partial charge in [0, 0.05) is 28.0 Å². The Morgan fingerprint density at radius 3 is 2.79 bits per heavy atom. The first-order chi connectivity index (χ1) is 13.5. The Morgan fingerprint density at radius 1 is 1.29 bits per heavy atom. The fourth-order valence-electron chi connectivity index (χ4n) is 3.29. The maximum absolute atomic E-state index is 13.2. The molecule has 1 aliphatic heterocycles. The molecule has 6 nitrogen and oxygen atoms in total. The fourth-order valence-corrected chi connectivity index (χ4v) is 4.00. The van der Waals surface area contributed by atoms with E-state index in [1.807, 2.05) is 25.3 Å². The lowest BCUT2D eigenvalue weighted by atomic mass is 10.2. The van der Waals surface area contributed by atoms with Crippen LogP contribution in [0.25, 0.3) is 16.9 Å². The highest BCUT2D eigenvalue weighted by Crippen LogP contribution is 2.31. The van der Waals surface area contributed by atoms with Gasteiger partial charge in [-0.3, -0.25) is 10.1 Å². The van der Waals surface area contributed by atoms with Crippen LogP contribution in [0.4, 0.5) is 9.52 Å². The van der Waals surface area contributed by atoms with Crippen molar-refractivity contribution in [1.82, 2.24) is 9.55 Å². The fraction of sp³-hybridized carbons (Fsp3) is 0.300. The molecule has 0 saturated carbocycles. The second kappa shape index (κ2) is 7.83. The third-order valence-electron chi connectivity index (χ3n) is 4.63. The zero-order chi connectivity index (χ0) is 19.7. The number of ether oxygens (including phenoxy) is 2. The Hall–Kier alpha value is -2.55. The number of aryl methyl sites for hydroxylation is 1. The lowest BCUT2D eigenvalue weighted by Crippen LogP contribution is -2.39. The molecule has 0 bridgehead atoms. The van der Waals surface area contributed by atoms with E-state index in [0.717, 1.165) is 28.3 Å². The zero-order valence-electron chi connectivity index (χ0n) is 15.6. The van der Waals surface area contributed by atoms with E-state index in [1.54, 1.807) is 12.1 Å². The molecule has 0 radical (unpaired) electrons. The number of rotatable bonds is 4. The molecule has 3 heterocycles. The Balaban J connectivity index is 1.56. The van der Waals surface area contributed by atoms with Crippen LogP contribution >= 0.6 is 11.3 Å². The number of hydrogen-bond acceptors (Lipinski definition) is 5. The zero-order valence-corrected chi connectivity index (χ0v) is 16.4. The molecule has 28 heavy (non-hydrogen) atoms. The summed E-state index contributed by atoms with van der Waals surface area (Å²) >= 11 is 1.36. The summed E-state index contributed by atoms with van der Waals surface area (Å²) in [5, 5.41) is 5.22. The van der Waals surface area contributed by atoms with Gasteiger partial charge in [-0.15, -0.1) is 11.3 Å². The molecule has 0 unspecified atom stereocenters. The van der Waals surface area contributed by atoms with Crippen molar-refractivity contribution in [3.8, 4) is 16.9 Å². The van der Waals surface area contributed by atoms with Gasteiger partial charge in [-0.1, -0.05) is 0 Å². The van der Waals surface area contributed by atoms with Crippen LogP contribution in [0.2, 0.25) is 0 Å². The quantitative estimate of drug-likeness (QED) is 0.724. The minimum absolute atomic E-state index is 0.252. The van der Waals surface area contributed by atoms with Crippen molar-refractivity contribution >= 4 is 22.4 Å². The summed E-state index contributed by atoms with van der Waals surface area (Å²) < 4.78 is 26.0. The summed E-state index contributed by atoms with van der Waals surface area (Å²) in [7, 11) is 0. The summed E-state index contributed by atoms with van der Waals surface area (Å²) in [6.07, 6.45) is -0.607. The number of thiazole rings is 1. The van der Waals surface area contributed by atoms with Gasteiger partial charge in [-0.25, -0.2) is 9.37 Å². The number of halogens is 1. The van der Waals surface area contributed by atoms with E-state index in [9.17, 15) is 9.18 Å². The standard InChI is InChI=1S/C20H20FN3O3S/c1-12-9-16(13(2)24(12)15-5-3-14(21)4-6-15)17-11-28-20(22-17)23-19(25)18-10-26-7-8-27-18/h3-6,9,11,18H,7-8,10H2,1-2H3,(H,22,23,25)/t18-/m1/s1. The van der Waals surface area contributed by atoms with E-state index in [-0.39, 0.29) is 18.3 Å². The molecule has 8 heteroatoms. The lowest BCUT2D eigenvalue weighted by molar-refractivity contribution is -0.142. The number of benzene rings is 1. The summed E-state index contributed by atoms with van der Waals surface area (Å²) in [6.45, 7) is 5.17. The first-order valence-corrected chi connectivity index (χ1v) is 9.82. The van der Waals surface area contributed by atoms with Gasteiger partial charge in [-0.05, 0) is 44.2 Å². The molecule has 2 aromatic heterocycles. The molecule has 1 aromatic carbocycles. The van der Waals surface area contributed by atoms with Crippen molar-refractivity contribution in [2.24, 2.45) is 0 Å². The SMILES string of the molecule is Cc1cc(-c2csc(NC(=O)[C@H]3COCCO3)n2)c(C)n1-c1ccc(F)cc1. The third-order valence-corrected chi connectivity index (χ3v) is 5.39. The number of aromatic nitrogens is 2. The van der Waals surface area contributed by atoms with E-state index < -0.39 is 6.10 Å². The van der Waals surface area contributed by atoms with Crippen LogP contribution in [0.3, 0.4) is 0 Å². The molecule has 1 saturated heterocycles. The molecule has 0 spiro atoms. The number of nitrogens with one attached hydrogen (secondary N) is 1. The summed E-state index contributed by atoms with van der Waals surface area (Å²) in [5.74, 6) is -0.518. The van der Waals surface area contributed by atoms with Crippen molar-refractivity contribution in [3.05, 3.63) is 52.9 Å². The van der Waals surface area contributed by atoms with Crippen LogP contribution in [0.5, 0.6) is 0 Å². The van der Waals surface area contributed by atoms with E-state index in [4.69, 9.17) is 9.47 Å². The van der Waals surface area contributed by atoms with Gasteiger partial charge < -0.3 is 14.0 Å². The molecule has 4 rings (SSSR count). The molecule has 1 atom stereocenters. The maximum Gasteiger partial charge on any atom is 0.257 e. The molecular formula is C20H20FN3O3S. The number of anilines is 1. The molecule has 1 aliphatic rings. The van der Waals surface area contributed by atoms with Gasteiger partial charge in [0.25, 0.3) is 5.91 Å².